The molecular weight excluding hydrogens is 284 g/mol. The van der Waals surface area contributed by atoms with Gasteiger partial charge in [0.15, 0.2) is 9.84 Å². The molecule has 0 spiro atoms. The van der Waals surface area contributed by atoms with Gasteiger partial charge < -0.3 is 5.32 Å². The van der Waals surface area contributed by atoms with Gasteiger partial charge in [-0.05, 0) is 31.0 Å². The summed E-state index contributed by atoms with van der Waals surface area (Å²) in [5.74, 6) is 1.07. The molecule has 1 aromatic carbocycles. The van der Waals surface area contributed by atoms with E-state index in [2.05, 4.69) is 41.4 Å². The fraction of sp³-hybridized carbons (Fsp3) is 0.625. The van der Waals surface area contributed by atoms with Gasteiger partial charge in [0, 0.05) is 25.7 Å². The minimum atomic E-state index is -2.83. The Balaban J connectivity index is 1.97. The monoisotopic (exact) mass is 310 g/mol. The Kier molecular flexibility index (Phi) is 5.41. The number of benzene rings is 1. The van der Waals surface area contributed by atoms with Crippen molar-refractivity contribution in [2.45, 2.75) is 32.4 Å². The summed E-state index contributed by atoms with van der Waals surface area (Å²) in [4.78, 5) is 2.26. The van der Waals surface area contributed by atoms with Crippen molar-refractivity contribution in [2.24, 2.45) is 0 Å². The Hall–Kier alpha value is -0.910. The van der Waals surface area contributed by atoms with Gasteiger partial charge in [-0.15, -0.1) is 0 Å². The van der Waals surface area contributed by atoms with Crippen molar-refractivity contribution in [3.05, 3.63) is 35.4 Å². The lowest BCUT2D eigenvalue weighted by atomic mass is 9.99. The van der Waals surface area contributed by atoms with E-state index in [1.807, 2.05) is 14.0 Å². The Labute approximate surface area is 128 Å². The van der Waals surface area contributed by atoms with Gasteiger partial charge in [0.05, 0.1) is 11.5 Å². The molecule has 1 aliphatic heterocycles. The summed E-state index contributed by atoms with van der Waals surface area (Å²) in [6.07, 6.45) is 0. The number of hydrogen-bond acceptors (Lipinski definition) is 4. The summed E-state index contributed by atoms with van der Waals surface area (Å²) >= 11 is 0. The van der Waals surface area contributed by atoms with Crippen LogP contribution >= 0.6 is 0 Å². The summed E-state index contributed by atoms with van der Waals surface area (Å²) in [6, 6.07) is 8.80. The van der Waals surface area contributed by atoms with Crippen LogP contribution in [0.25, 0.3) is 0 Å². The van der Waals surface area contributed by atoms with Gasteiger partial charge in [-0.3, -0.25) is 4.90 Å². The van der Waals surface area contributed by atoms with Crippen LogP contribution in [0.5, 0.6) is 0 Å². The van der Waals surface area contributed by atoms with Crippen molar-refractivity contribution in [3.8, 4) is 0 Å². The van der Waals surface area contributed by atoms with Crippen LogP contribution in [0.1, 0.15) is 30.9 Å². The number of hydrogen-bond donors (Lipinski definition) is 1. The van der Waals surface area contributed by atoms with Crippen LogP contribution in [-0.4, -0.2) is 51.0 Å². The van der Waals surface area contributed by atoms with E-state index in [-0.39, 0.29) is 17.5 Å². The predicted molar refractivity (Wildman–Crippen MR) is 87.3 cm³/mol. The van der Waals surface area contributed by atoms with Crippen LogP contribution in [0.15, 0.2) is 24.3 Å². The lowest BCUT2D eigenvalue weighted by molar-refractivity contribution is 0.218. The third-order valence-electron chi connectivity index (χ3n) is 4.25. The van der Waals surface area contributed by atoms with Crippen LogP contribution in [0.2, 0.25) is 0 Å². The lowest BCUT2D eigenvalue weighted by Crippen LogP contribution is -2.46. The maximum atomic E-state index is 11.6. The van der Waals surface area contributed by atoms with Crippen molar-refractivity contribution < 1.29 is 8.42 Å². The van der Waals surface area contributed by atoms with E-state index in [1.165, 1.54) is 11.1 Å². The molecule has 0 radical (unpaired) electrons. The summed E-state index contributed by atoms with van der Waals surface area (Å²) in [5, 5.41) is 3.19. The summed E-state index contributed by atoms with van der Waals surface area (Å²) in [6.45, 7) is 6.66. The number of rotatable bonds is 5. The standard InChI is InChI=1S/C16H26N2O2S/c1-13(10-17-3)16-6-4-15(5-7-16)11-18-8-9-21(19,20)12-14(18)2/h4-7,13-14,17H,8-12H2,1-3H3. The van der Waals surface area contributed by atoms with E-state index >= 15 is 0 Å². The third kappa shape index (κ3) is 4.53. The lowest BCUT2D eigenvalue weighted by Gasteiger charge is -2.33. The number of likely N-dealkylation sites (N-methyl/N-ethyl adjacent to an activating group) is 1. The van der Waals surface area contributed by atoms with Gasteiger partial charge in [0.1, 0.15) is 0 Å². The van der Waals surface area contributed by atoms with Gasteiger partial charge in [0.2, 0.25) is 0 Å². The predicted octanol–water partition coefficient (Wildman–Crippen LogP) is 1.63. The van der Waals surface area contributed by atoms with Crippen molar-refractivity contribution >= 4 is 9.84 Å². The Morgan fingerprint density at radius 2 is 2.00 bits per heavy atom. The van der Waals surface area contributed by atoms with E-state index in [1.54, 1.807) is 0 Å². The first-order valence-electron chi connectivity index (χ1n) is 7.59. The van der Waals surface area contributed by atoms with Crippen LogP contribution in [0.3, 0.4) is 0 Å². The first-order valence-corrected chi connectivity index (χ1v) is 9.41. The zero-order chi connectivity index (χ0) is 15.5. The zero-order valence-electron chi connectivity index (χ0n) is 13.2. The van der Waals surface area contributed by atoms with E-state index in [0.29, 0.717) is 12.5 Å². The van der Waals surface area contributed by atoms with Gasteiger partial charge in [-0.1, -0.05) is 31.2 Å². The van der Waals surface area contributed by atoms with Gasteiger partial charge in [-0.25, -0.2) is 8.42 Å². The molecule has 5 heteroatoms. The molecule has 2 atom stereocenters. The highest BCUT2D eigenvalue weighted by Crippen LogP contribution is 2.18. The first kappa shape index (κ1) is 16.5. The van der Waals surface area contributed by atoms with Crippen molar-refractivity contribution in [1.29, 1.82) is 0 Å². The highest BCUT2D eigenvalue weighted by atomic mass is 32.2. The molecule has 0 saturated carbocycles. The number of sulfone groups is 1. The van der Waals surface area contributed by atoms with E-state index in [0.717, 1.165) is 13.1 Å². The second-order valence-corrected chi connectivity index (χ2v) is 8.36. The van der Waals surface area contributed by atoms with Crippen molar-refractivity contribution in [1.82, 2.24) is 10.2 Å². The second-order valence-electron chi connectivity index (χ2n) is 6.13. The molecule has 0 aromatic heterocycles. The Morgan fingerprint density at radius 1 is 1.33 bits per heavy atom. The Morgan fingerprint density at radius 3 is 2.57 bits per heavy atom. The molecule has 4 nitrogen and oxygen atoms in total. The summed E-state index contributed by atoms with van der Waals surface area (Å²) in [7, 11) is -0.861. The molecule has 1 aliphatic rings. The van der Waals surface area contributed by atoms with Crippen molar-refractivity contribution in [3.63, 3.8) is 0 Å². The molecule has 0 amide bonds. The van der Waals surface area contributed by atoms with Crippen LogP contribution < -0.4 is 5.32 Å². The number of nitrogens with zero attached hydrogens (tertiary/aromatic N) is 1. The minimum absolute atomic E-state index is 0.103. The van der Waals surface area contributed by atoms with E-state index in [9.17, 15) is 8.42 Å². The van der Waals surface area contributed by atoms with Crippen molar-refractivity contribution in [2.75, 3.05) is 31.6 Å². The average Bonchev–Trinajstić information content (AvgIpc) is 2.42. The zero-order valence-corrected chi connectivity index (χ0v) is 14.0. The molecule has 0 bridgehead atoms. The molecule has 21 heavy (non-hydrogen) atoms. The fourth-order valence-corrected chi connectivity index (χ4v) is 4.50. The molecule has 1 heterocycles. The Bertz CT molecular complexity index is 554. The second kappa shape index (κ2) is 6.90. The summed E-state index contributed by atoms with van der Waals surface area (Å²) < 4.78 is 23.2. The van der Waals surface area contributed by atoms with Gasteiger partial charge >= 0.3 is 0 Å². The molecule has 1 N–H and O–H groups in total. The minimum Gasteiger partial charge on any atom is -0.319 e. The third-order valence-corrected chi connectivity index (χ3v) is 6.05. The van der Waals surface area contributed by atoms with Crippen LogP contribution in [0, 0.1) is 0 Å². The maximum Gasteiger partial charge on any atom is 0.153 e. The highest BCUT2D eigenvalue weighted by Gasteiger charge is 2.27. The van der Waals surface area contributed by atoms with Gasteiger partial charge in [0.25, 0.3) is 0 Å². The topological polar surface area (TPSA) is 49.4 Å². The SMILES string of the molecule is CNCC(C)c1ccc(CN2CCS(=O)(=O)CC2C)cc1. The quantitative estimate of drug-likeness (QED) is 0.898. The first-order chi connectivity index (χ1) is 9.91. The molecule has 1 fully saturated rings. The molecule has 1 aromatic rings. The molecule has 118 valence electrons. The van der Waals surface area contributed by atoms with E-state index < -0.39 is 9.84 Å². The molecule has 0 aliphatic carbocycles. The van der Waals surface area contributed by atoms with Gasteiger partial charge in [-0.2, -0.15) is 0 Å². The molecule has 2 rings (SSSR count). The highest BCUT2D eigenvalue weighted by molar-refractivity contribution is 7.91. The smallest absolute Gasteiger partial charge is 0.153 e. The molecular formula is C16H26N2O2S. The van der Waals surface area contributed by atoms with E-state index in [4.69, 9.17) is 0 Å². The van der Waals surface area contributed by atoms with Crippen LogP contribution in [0.4, 0.5) is 0 Å². The fourth-order valence-electron chi connectivity index (χ4n) is 2.88. The largest absolute Gasteiger partial charge is 0.319 e. The summed E-state index contributed by atoms with van der Waals surface area (Å²) in [5.41, 5.74) is 2.59. The number of nitrogens with one attached hydrogen (secondary N) is 1. The normalized spacial score (nSPS) is 23.9. The average molecular weight is 310 g/mol. The molecule has 1 saturated heterocycles. The maximum absolute atomic E-state index is 11.6. The van der Waals surface area contributed by atoms with Crippen LogP contribution in [-0.2, 0) is 16.4 Å². The molecule has 2 unspecified atom stereocenters.